The quantitative estimate of drug-likeness (QED) is 0.817. The van der Waals surface area contributed by atoms with Crippen molar-refractivity contribution < 1.29 is 9.90 Å². The van der Waals surface area contributed by atoms with E-state index in [1.807, 2.05) is 11.9 Å². The molecule has 0 bridgehead atoms. The highest BCUT2D eigenvalue weighted by Crippen LogP contribution is 2.45. The molecule has 0 unspecified atom stereocenters. The maximum Gasteiger partial charge on any atom is 0.227 e. The van der Waals surface area contributed by atoms with E-state index in [1.165, 1.54) is 12.0 Å². The third-order valence-electron chi connectivity index (χ3n) is 7.22. The van der Waals surface area contributed by atoms with Crippen LogP contribution in [0.25, 0.3) is 0 Å². The van der Waals surface area contributed by atoms with Gasteiger partial charge in [0.25, 0.3) is 0 Å². The molecule has 0 saturated carbocycles. The van der Waals surface area contributed by atoms with E-state index in [-0.39, 0.29) is 12.5 Å². The summed E-state index contributed by atoms with van der Waals surface area (Å²) < 4.78 is 0. The Hall–Kier alpha value is -1.43. The van der Waals surface area contributed by atoms with E-state index in [4.69, 9.17) is 5.11 Å². The molecular weight excluding hydrogens is 350 g/mol. The van der Waals surface area contributed by atoms with Crippen molar-refractivity contribution in [1.82, 2.24) is 14.7 Å². The second kappa shape index (κ2) is 8.93. The summed E-state index contributed by atoms with van der Waals surface area (Å²) in [5, 5.41) is 9.10. The summed E-state index contributed by atoms with van der Waals surface area (Å²) in [4.78, 5) is 20.3. The number of rotatable bonds is 6. The Balaban J connectivity index is 1.36. The SMILES string of the molecule is CN(CC1CCN(CCO)CC1)C(=O)[C@H]1C[C@@H](c2ccccc2)N2CCC[C@H]12. The molecule has 3 saturated heterocycles. The van der Waals surface area contributed by atoms with E-state index in [1.54, 1.807) is 0 Å². The minimum absolute atomic E-state index is 0.146. The largest absolute Gasteiger partial charge is 0.395 e. The molecule has 28 heavy (non-hydrogen) atoms. The molecular formula is C23H35N3O2. The van der Waals surface area contributed by atoms with Crippen molar-refractivity contribution in [3.8, 4) is 0 Å². The third-order valence-corrected chi connectivity index (χ3v) is 7.22. The molecule has 5 nitrogen and oxygen atoms in total. The minimum atomic E-state index is 0.146. The van der Waals surface area contributed by atoms with Gasteiger partial charge in [0.1, 0.15) is 0 Å². The number of benzene rings is 1. The van der Waals surface area contributed by atoms with Gasteiger partial charge in [-0.05, 0) is 63.2 Å². The molecule has 0 aromatic heterocycles. The van der Waals surface area contributed by atoms with Gasteiger partial charge in [0.2, 0.25) is 5.91 Å². The van der Waals surface area contributed by atoms with Crippen LogP contribution in [-0.4, -0.2) is 78.1 Å². The number of nitrogens with zero attached hydrogens (tertiary/aromatic N) is 3. The fraction of sp³-hybridized carbons (Fsp3) is 0.696. The van der Waals surface area contributed by atoms with Crippen LogP contribution in [0.5, 0.6) is 0 Å². The van der Waals surface area contributed by atoms with E-state index in [0.717, 1.165) is 58.4 Å². The number of likely N-dealkylation sites (tertiary alicyclic amines) is 1. The monoisotopic (exact) mass is 385 g/mol. The number of aliphatic hydroxyl groups excluding tert-OH is 1. The average Bonchev–Trinajstić information content (AvgIpc) is 3.32. The predicted octanol–water partition coefficient (Wildman–Crippen LogP) is 2.37. The van der Waals surface area contributed by atoms with Gasteiger partial charge in [-0.2, -0.15) is 0 Å². The molecule has 0 aliphatic carbocycles. The third kappa shape index (κ3) is 4.12. The molecule has 3 atom stereocenters. The van der Waals surface area contributed by atoms with Gasteiger partial charge in [0.15, 0.2) is 0 Å². The number of piperidine rings is 1. The topological polar surface area (TPSA) is 47.0 Å². The standard InChI is InChI=1S/C23H35N3O2/c1-24(17-18-9-12-25(13-10-18)14-15-27)23(28)20-16-22(19-6-3-2-4-7-19)26-11-5-8-21(20)26/h2-4,6-7,18,20-22,27H,5,8-17H2,1H3/t20-,21+,22-/m0/s1. The van der Waals surface area contributed by atoms with E-state index < -0.39 is 0 Å². The zero-order valence-electron chi connectivity index (χ0n) is 17.2. The van der Waals surface area contributed by atoms with E-state index in [2.05, 4.69) is 40.1 Å². The normalized spacial score (nSPS) is 29.1. The highest BCUT2D eigenvalue weighted by Gasteiger charge is 2.47. The molecule has 1 amide bonds. The lowest BCUT2D eigenvalue weighted by Gasteiger charge is -2.34. The number of carbonyl (C=O) groups excluding carboxylic acids is 1. The van der Waals surface area contributed by atoms with Crippen molar-refractivity contribution >= 4 is 5.91 Å². The lowest BCUT2D eigenvalue weighted by molar-refractivity contribution is -0.135. The van der Waals surface area contributed by atoms with Crippen molar-refractivity contribution in [3.05, 3.63) is 35.9 Å². The summed E-state index contributed by atoms with van der Waals surface area (Å²) in [6.07, 6.45) is 5.60. The van der Waals surface area contributed by atoms with Gasteiger partial charge in [-0.1, -0.05) is 30.3 Å². The van der Waals surface area contributed by atoms with E-state index in [9.17, 15) is 4.79 Å². The van der Waals surface area contributed by atoms with E-state index >= 15 is 0 Å². The molecule has 3 fully saturated rings. The van der Waals surface area contributed by atoms with Crippen molar-refractivity contribution in [2.75, 3.05) is 46.4 Å². The Morgan fingerprint density at radius 3 is 2.61 bits per heavy atom. The van der Waals surface area contributed by atoms with Crippen molar-refractivity contribution in [2.45, 2.75) is 44.2 Å². The van der Waals surface area contributed by atoms with Crippen LogP contribution >= 0.6 is 0 Å². The Morgan fingerprint density at radius 1 is 1.14 bits per heavy atom. The predicted molar refractivity (Wildman–Crippen MR) is 111 cm³/mol. The maximum absolute atomic E-state index is 13.4. The van der Waals surface area contributed by atoms with Crippen LogP contribution in [0.4, 0.5) is 0 Å². The average molecular weight is 386 g/mol. The van der Waals surface area contributed by atoms with Gasteiger partial charge in [0.05, 0.1) is 12.5 Å². The van der Waals surface area contributed by atoms with Gasteiger partial charge < -0.3 is 14.9 Å². The molecule has 1 N–H and O–H groups in total. The fourth-order valence-electron chi connectivity index (χ4n) is 5.73. The summed E-state index contributed by atoms with van der Waals surface area (Å²) in [5.41, 5.74) is 1.36. The molecule has 0 spiro atoms. The Labute approximate surface area is 169 Å². The summed E-state index contributed by atoms with van der Waals surface area (Å²) in [5.74, 6) is 1.09. The van der Waals surface area contributed by atoms with Crippen LogP contribution in [0.3, 0.4) is 0 Å². The summed E-state index contributed by atoms with van der Waals surface area (Å²) in [6.45, 7) is 5.12. The van der Waals surface area contributed by atoms with Crippen LogP contribution in [0.15, 0.2) is 30.3 Å². The number of fused-ring (bicyclic) bond motifs is 1. The zero-order valence-corrected chi connectivity index (χ0v) is 17.2. The first-order valence-electron chi connectivity index (χ1n) is 11.1. The van der Waals surface area contributed by atoms with Gasteiger partial charge in [-0.3, -0.25) is 9.69 Å². The molecule has 3 aliphatic rings. The highest BCUT2D eigenvalue weighted by atomic mass is 16.3. The zero-order chi connectivity index (χ0) is 19.5. The summed E-state index contributed by atoms with van der Waals surface area (Å²) in [6, 6.07) is 11.6. The molecule has 5 heteroatoms. The second-order valence-electron chi connectivity index (χ2n) is 8.94. The molecule has 0 radical (unpaired) electrons. The van der Waals surface area contributed by atoms with Gasteiger partial charge in [-0.15, -0.1) is 0 Å². The number of hydrogen-bond acceptors (Lipinski definition) is 4. The van der Waals surface area contributed by atoms with Crippen LogP contribution in [0, 0.1) is 11.8 Å². The Morgan fingerprint density at radius 2 is 1.89 bits per heavy atom. The van der Waals surface area contributed by atoms with Gasteiger partial charge >= 0.3 is 0 Å². The van der Waals surface area contributed by atoms with Crippen LogP contribution < -0.4 is 0 Å². The number of aliphatic hydroxyl groups is 1. The first kappa shape index (κ1) is 19.9. The fourth-order valence-corrected chi connectivity index (χ4v) is 5.73. The number of carbonyl (C=O) groups is 1. The smallest absolute Gasteiger partial charge is 0.227 e. The number of hydrogen-bond donors (Lipinski definition) is 1. The Bertz CT molecular complexity index is 645. The summed E-state index contributed by atoms with van der Waals surface area (Å²) >= 11 is 0. The molecule has 3 heterocycles. The first-order valence-corrected chi connectivity index (χ1v) is 11.1. The van der Waals surface area contributed by atoms with Crippen molar-refractivity contribution in [3.63, 3.8) is 0 Å². The molecule has 154 valence electrons. The van der Waals surface area contributed by atoms with Crippen molar-refractivity contribution in [2.24, 2.45) is 11.8 Å². The second-order valence-corrected chi connectivity index (χ2v) is 8.94. The van der Waals surface area contributed by atoms with Crippen LogP contribution in [0.1, 0.15) is 43.7 Å². The number of amides is 1. The number of β-amino-alcohol motifs (C(OH)–C–C–N with tert-alkyl or cyclic N) is 1. The van der Waals surface area contributed by atoms with Gasteiger partial charge in [0, 0.05) is 32.2 Å². The van der Waals surface area contributed by atoms with Crippen molar-refractivity contribution in [1.29, 1.82) is 0 Å². The Kier molecular flexibility index (Phi) is 6.34. The molecule has 1 aromatic carbocycles. The highest BCUT2D eigenvalue weighted by molar-refractivity contribution is 5.80. The molecule has 1 aromatic rings. The molecule has 4 rings (SSSR count). The molecule has 3 aliphatic heterocycles. The van der Waals surface area contributed by atoms with E-state index in [0.29, 0.717) is 23.9 Å². The lowest BCUT2D eigenvalue weighted by Crippen LogP contribution is -2.43. The van der Waals surface area contributed by atoms with Crippen LogP contribution in [-0.2, 0) is 4.79 Å². The summed E-state index contributed by atoms with van der Waals surface area (Å²) in [7, 11) is 2.01. The minimum Gasteiger partial charge on any atom is -0.395 e. The van der Waals surface area contributed by atoms with Gasteiger partial charge in [-0.25, -0.2) is 0 Å². The van der Waals surface area contributed by atoms with Crippen LogP contribution in [0.2, 0.25) is 0 Å². The first-order chi connectivity index (χ1) is 13.7. The lowest BCUT2D eigenvalue weighted by atomic mass is 9.92. The maximum atomic E-state index is 13.4.